The van der Waals surface area contributed by atoms with Crippen molar-refractivity contribution in [1.82, 2.24) is 0 Å². The lowest BCUT2D eigenvalue weighted by Crippen LogP contribution is -2.24. The van der Waals surface area contributed by atoms with E-state index in [4.69, 9.17) is 15.2 Å². The van der Waals surface area contributed by atoms with E-state index in [-0.39, 0.29) is 0 Å². The molecule has 3 nitrogen and oxygen atoms in total. The van der Waals surface area contributed by atoms with Gasteiger partial charge in [0.2, 0.25) is 0 Å². The summed E-state index contributed by atoms with van der Waals surface area (Å²) in [5.41, 5.74) is 7.27. The summed E-state index contributed by atoms with van der Waals surface area (Å²) in [6.07, 6.45) is 4.64. The predicted octanol–water partition coefficient (Wildman–Crippen LogP) is 2.63. The molecule has 1 heterocycles. The van der Waals surface area contributed by atoms with E-state index >= 15 is 0 Å². The summed E-state index contributed by atoms with van der Waals surface area (Å²) in [5, 5.41) is 0. The number of hydrogen-bond acceptors (Lipinski definition) is 3. The van der Waals surface area contributed by atoms with E-state index in [0.717, 1.165) is 37.8 Å². The molecule has 1 aromatic carbocycles. The van der Waals surface area contributed by atoms with Crippen LogP contribution in [0.2, 0.25) is 0 Å². The maximum absolute atomic E-state index is 5.95. The first-order chi connectivity index (χ1) is 9.31. The van der Waals surface area contributed by atoms with Crippen LogP contribution in [0.15, 0.2) is 24.3 Å². The van der Waals surface area contributed by atoms with Crippen molar-refractivity contribution in [3.63, 3.8) is 0 Å². The maximum atomic E-state index is 5.95. The zero-order valence-electron chi connectivity index (χ0n) is 11.8. The summed E-state index contributed by atoms with van der Waals surface area (Å²) in [6.45, 7) is 2.59. The highest BCUT2D eigenvalue weighted by molar-refractivity contribution is 5.28. The van der Waals surface area contributed by atoms with E-state index in [2.05, 4.69) is 18.2 Å². The standard InChI is InChI=1S/C16H25NO2/c1-18-16-4-2-3-14(11-16)10-15(12-17)9-13-5-7-19-8-6-13/h2-4,11,13,15H,5-10,12,17H2,1H3. The minimum absolute atomic E-state index is 0.565. The van der Waals surface area contributed by atoms with Gasteiger partial charge in [0.1, 0.15) is 5.75 Å². The lowest BCUT2D eigenvalue weighted by Gasteiger charge is -2.26. The summed E-state index contributed by atoms with van der Waals surface area (Å²) in [7, 11) is 1.71. The van der Waals surface area contributed by atoms with E-state index < -0.39 is 0 Å². The Labute approximate surface area is 116 Å². The largest absolute Gasteiger partial charge is 0.497 e. The Bertz CT molecular complexity index is 375. The highest BCUT2D eigenvalue weighted by Gasteiger charge is 2.18. The van der Waals surface area contributed by atoms with Gasteiger partial charge in [-0.05, 0) is 61.8 Å². The Morgan fingerprint density at radius 2 is 2.16 bits per heavy atom. The van der Waals surface area contributed by atoms with Gasteiger partial charge in [-0.2, -0.15) is 0 Å². The lowest BCUT2D eigenvalue weighted by atomic mass is 9.85. The van der Waals surface area contributed by atoms with Crippen LogP contribution in [-0.2, 0) is 11.2 Å². The van der Waals surface area contributed by atoms with Gasteiger partial charge in [0.05, 0.1) is 7.11 Å². The van der Waals surface area contributed by atoms with Crippen LogP contribution in [-0.4, -0.2) is 26.9 Å². The molecule has 0 aliphatic carbocycles. The van der Waals surface area contributed by atoms with Gasteiger partial charge in [0.25, 0.3) is 0 Å². The van der Waals surface area contributed by atoms with Gasteiger partial charge in [-0.1, -0.05) is 12.1 Å². The van der Waals surface area contributed by atoms with Gasteiger partial charge in [0.15, 0.2) is 0 Å². The van der Waals surface area contributed by atoms with Crippen LogP contribution in [0, 0.1) is 11.8 Å². The topological polar surface area (TPSA) is 44.5 Å². The smallest absolute Gasteiger partial charge is 0.119 e. The van der Waals surface area contributed by atoms with Crippen molar-refractivity contribution in [3.05, 3.63) is 29.8 Å². The molecule has 3 heteroatoms. The average Bonchev–Trinajstić information content (AvgIpc) is 2.48. The summed E-state index contributed by atoms with van der Waals surface area (Å²) < 4.78 is 10.7. The SMILES string of the molecule is COc1cccc(CC(CN)CC2CCOCC2)c1. The predicted molar refractivity (Wildman–Crippen MR) is 77.4 cm³/mol. The fourth-order valence-corrected chi connectivity index (χ4v) is 2.85. The summed E-state index contributed by atoms with van der Waals surface area (Å²) in [6, 6.07) is 8.32. The highest BCUT2D eigenvalue weighted by atomic mass is 16.5. The van der Waals surface area contributed by atoms with Crippen LogP contribution >= 0.6 is 0 Å². The van der Waals surface area contributed by atoms with Gasteiger partial charge in [-0.15, -0.1) is 0 Å². The fraction of sp³-hybridized carbons (Fsp3) is 0.625. The van der Waals surface area contributed by atoms with Crippen molar-refractivity contribution in [2.24, 2.45) is 17.6 Å². The second kappa shape index (κ2) is 7.51. The number of rotatable bonds is 6. The van der Waals surface area contributed by atoms with Crippen LogP contribution in [0.1, 0.15) is 24.8 Å². The third-order valence-corrected chi connectivity index (χ3v) is 4.00. The lowest BCUT2D eigenvalue weighted by molar-refractivity contribution is 0.0589. The first-order valence-corrected chi connectivity index (χ1v) is 7.22. The normalized spacial score (nSPS) is 18.2. The minimum atomic E-state index is 0.565. The molecule has 0 amide bonds. The quantitative estimate of drug-likeness (QED) is 0.858. The van der Waals surface area contributed by atoms with E-state index in [1.165, 1.54) is 24.8 Å². The third kappa shape index (κ3) is 4.51. The van der Waals surface area contributed by atoms with Crippen molar-refractivity contribution in [3.8, 4) is 5.75 Å². The monoisotopic (exact) mass is 263 g/mol. The van der Waals surface area contributed by atoms with Crippen molar-refractivity contribution >= 4 is 0 Å². The van der Waals surface area contributed by atoms with Crippen LogP contribution in [0.5, 0.6) is 5.75 Å². The molecular formula is C16H25NO2. The molecule has 1 fully saturated rings. The molecule has 0 spiro atoms. The van der Waals surface area contributed by atoms with Gasteiger partial charge in [-0.3, -0.25) is 0 Å². The summed E-state index contributed by atoms with van der Waals surface area (Å²) in [5.74, 6) is 2.28. The van der Waals surface area contributed by atoms with Crippen LogP contribution in [0.25, 0.3) is 0 Å². The van der Waals surface area contributed by atoms with Gasteiger partial charge >= 0.3 is 0 Å². The summed E-state index contributed by atoms with van der Waals surface area (Å²) in [4.78, 5) is 0. The Hall–Kier alpha value is -1.06. The van der Waals surface area contributed by atoms with E-state index in [9.17, 15) is 0 Å². The first kappa shape index (κ1) is 14.4. The van der Waals surface area contributed by atoms with Crippen LogP contribution < -0.4 is 10.5 Å². The van der Waals surface area contributed by atoms with Crippen molar-refractivity contribution in [1.29, 1.82) is 0 Å². The molecule has 2 N–H and O–H groups in total. The van der Waals surface area contributed by atoms with E-state index in [1.54, 1.807) is 7.11 Å². The van der Waals surface area contributed by atoms with Gasteiger partial charge in [0, 0.05) is 13.2 Å². The maximum Gasteiger partial charge on any atom is 0.119 e. The molecule has 0 bridgehead atoms. The van der Waals surface area contributed by atoms with E-state index in [0.29, 0.717) is 5.92 Å². The molecule has 0 radical (unpaired) electrons. The molecule has 1 saturated heterocycles. The third-order valence-electron chi connectivity index (χ3n) is 4.00. The molecule has 0 saturated carbocycles. The second-order valence-electron chi connectivity index (χ2n) is 5.45. The Kier molecular flexibility index (Phi) is 5.67. The highest BCUT2D eigenvalue weighted by Crippen LogP contribution is 2.25. The average molecular weight is 263 g/mol. The molecule has 1 atom stereocenters. The molecule has 1 aliphatic rings. The van der Waals surface area contributed by atoms with Crippen molar-refractivity contribution in [2.45, 2.75) is 25.7 Å². The summed E-state index contributed by atoms with van der Waals surface area (Å²) >= 11 is 0. The number of ether oxygens (including phenoxy) is 2. The fourth-order valence-electron chi connectivity index (χ4n) is 2.85. The van der Waals surface area contributed by atoms with Crippen molar-refractivity contribution in [2.75, 3.05) is 26.9 Å². The number of hydrogen-bond donors (Lipinski definition) is 1. The number of methoxy groups -OCH3 is 1. The molecule has 2 rings (SSSR count). The number of nitrogens with two attached hydrogens (primary N) is 1. The first-order valence-electron chi connectivity index (χ1n) is 7.22. The van der Waals surface area contributed by atoms with Gasteiger partial charge < -0.3 is 15.2 Å². The molecular weight excluding hydrogens is 238 g/mol. The molecule has 106 valence electrons. The Balaban J connectivity index is 1.90. The molecule has 0 aromatic heterocycles. The minimum Gasteiger partial charge on any atom is -0.497 e. The molecule has 19 heavy (non-hydrogen) atoms. The molecule has 1 aliphatic heterocycles. The zero-order chi connectivity index (χ0) is 13.5. The Morgan fingerprint density at radius 1 is 1.37 bits per heavy atom. The Morgan fingerprint density at radius 3 is 2.84 bits per heavy atom. The molecule has 1 aromatic rings. The van der Waals surface area contributed by atoms with Gasteiger partial charge in [-0.25, -0.2) is 0 Å². The van der Waals surface area contributed by atoms with E-state index in [1.807, 2.05) is 6.07 Å². The second-order valence-corrected chi connectivity index (χ2v) is 5.45. The van der Waals surface area contributed by atoms with Crippen molar-refractivity contribution < 1.29 is 9.47 Å². The molecule has 1 unspecified atom stereocenters. The van der Waals surface area contributed by atoms with Crippen LogP contribution in [0.3, 0.4) is 0 Å². The number of benzene rings is 1. The zero-order valence-corrected chi connectivity index (χ0v) is 11.8. The van der Waals surface area contributed by atoms with Crippen LogP contribution in [0.4, 0.5) is 0 Å².